The zero-order chi connectivity index (χ0) is 16.8. The largest absolute Gasteiger partial charge is 0.351 e. The molecule has 1 heterocycles. The highest BCUT2D eigenvalue weighted by Gasteiger charge is 2.53. The average molecular weight is 344 g/mol. The molecule has 1 aromatic heterocycles. The number of nitrogens with one attached hydrogen (secondary N) is 1. The number of carbonyl (C=O) groups excluding carboxylic acids is 1. The van der Waals surface area contributed by atoms with Gasteiger partial charge in [0, 0.05) is 11.1 Å². The summed E-state index contributed by atoms with van der Waals surface area (Å²) < 4.78 is 23.3. The molecule has 6 heteroatoms. The molecule has 4 nitrogen and oxygen atoms in total. The second-order valence-corrected chi connectivity index (χ2v) is 10.6. The second kappa shape index (κ2) is 5.64. The normalized spacial score (nSPS) is 27.8. The van der Waals surface area contributed by atoms with E-state index in [0.29, 0.717) is 16.7 Å². The zero-order valence-electron chi connectivity index (χ0n) is 13.9. The molecule has 0 saturated heterocycles. The van der Waals surface area contributed by atoms with E-state index in [1.807, 2.05) is 6.92 Å². The highest BCUT2D eigenvalue weighted by Crippen LogP contribution is 2.55. The van der Waals surface area contributed by atoms with Gasteiger partial charge in [-0.1, -0.05) is 27.7 Å². The summed E-state index contributed by atoms with van der Waals surface area (Å²) in [4.78, 5) is 13.5. The first-order chi connectivity index (χ1) is 9.98. The Bertz CT molecular complexity index is 675. The molecule has 0 bridgehead atoms. The fourth-order valence-corrected chi connectivity index (χ4v) is 5.07. The zero-order valence-corrected chi connectivity index (χ0v) is 15.5. The molecular formula is C16H25NO3S2. The van der Waals surface area contributed by atoms with Crippen molar-refractivity contribution in [2.24, 2.45) is 16.7 Å². The lowest BCUT2D eigenvalue weighted by Crippen LogP contribution is -2.46. The maximum absolute atomic E-state index is 12.7. The lowest BCUT2D eigenvalue weighted by atomic mass is 9.65. The van der Waals surface area contributed by atoms with E-state index >= 15 is 0 Å². The van der Waals surface area contributed by atoms with Crippen LogP contribution in [0.15, 0.2) is 16.3 Å². The maximum atomic E-state index is 12.7. The highest BCUT2D eigenvalue weighted by molar-refractivity contribution is 7.92. The third-order valence-electron chi connectivity index (χ3n) is 5.66. The quantitative estimate of drug-likeness (QED) is 0.913. The van der Waals surface area contributed by atoms with E-state index in [2.05, 4.69) is 26.1 Å². The van der Waals surface area contributed by atoms with Crippen molar-refractivity contribution in [3.63, 3.8) is 0 Å². The second-order valence-electron chi connectivity index (χ2n) is 7.17. The number of hydrogen-bond acceptors (Lipinski definition) is 4. The van der Waals surface area contributed by atoms with Gasteiger partial charge >= 0.3 is 0 Å². The van der Waals surface area contributed by atoms with E-state index in [-0.39, 0.29) is 16.7 Å². The molecule has 1 aromatic rings. The van der Waals surface area contributed by atoms with Crippen LogP contribution in [-0.2, 0) is 21.2 Å². The molecule has 1 fully saturated rings. The summed E-state index contributed by atoms with van der Waals surface area (Å²) in [5, 5.41) is 3.00. The molecule has 1 aliphatic rings. The van der Waals surface area contributed by atoms with E-state index in [0.717, 1.165) is 17.7 Å². The Morgan fingerprint density at radius 3 is 2.45 bits per heavy atom. The molecule has 22 heavy (non-hydrogen) atoms. The molecule has 2 rings (SSSR count). The van der Waals surface area contributed by atoms with Crippen LogP contribution in [0.4, 0.5) is 0 Å². The number of carbonyl (C=O) groups is 1. The van der Waals surface area contributed by atoms with Crippen molar-refractivity contribution in [2.45, 2.75) is 51.3 Å². The van der Waals surface area contributed by atoms with E-state index in [9.17, 15) is 13.2 Å². The average Bonchev–Trinajstić information content (AvgIpc) is 2.96. The van der Waals surface area contributed by atoms with Crippen LogP contribution in [0.5, 0.6) is 0 Å². The molecule has 124 valence electrons. The van der Waals surface area contributed by atoms with Gasteiger partial charge in [0.1, 0.15) is 4.21 Å². The molecule has 1 N–H and O–H groups in total. The minimum atomic E-state index is -3.17. The summed E-state index contributed by atoms with van der Waals surface area (Å²) in [6.07, 6.45) is 3.16. The first kappa shape index (κ1) is 17.5. The monoisotopic (exact) mass is 343 g/mol. The summed E-state index contributed by atoms with van der Waals surface area (Å²) in [5.74, 6) is 0.581. The van der Waals surface area contributed by atoms with Crippen LogP contribution in [0, 0.1) is 16.7 Å². The summed E-state index contributed by atoms with van der Waals surface area (Å²) in [6, 6.07) is 3.37. The topological polar surface area (TPSA) is 63.2 Å². The van der Waals surface area contributed by atoms with Crippen molar-refractivity contribution in [2.75, 3.05) is 6.26 Å². The minimum Gasteiger partial charge on any atom is -0.351 e. The molecule has 0 unspecified atom stereocenters. The van der Waals surface area contributed by atoms with Gasteiger partial charge in [0.15, 0.2) is 9.84 Å². The van der Waals surface area contributed by atoms with Gasteiger partial charge in [-0.25, -0.2) is 8.42 Å². The smallest absolute Gasteiger partial charge is 0.226 e. The fourth-order valence-electron chi connectivity index (χ4n) is 3.15. The van der Waals surface area contributed by atoms with Crippen molar-refractivity contribution in [1.82, 2.24) is 5.32 Å². The Labute approximate surface area is 137 Å². The van der Waals surface area contributed by atoms with Gasteiger partial charge in [0.2, 0.25) is 5.91 Å². The van der Waals surface area contributed by atoms with Gasteiger partial charge in [-0.2, -0.15) is 0 Å². The standard InChI is InChI=1S/C16H25NO3S2/c1-11-8-9-16(4,15(11,2)3)14(18)17-10-12-6-7-13(21-12)22(5,19)20/h6-7,11H,8-10H2,1-5H3,(H,17,18)/t11-,16-/m0/s1. The third-order valence-corrected chi connectivity index (χ3v) is 8.56. The van der Waals surface area contributed by atoms with Crippen molar-refractivity contribution in [1.29, 1.82) is 0 Å². The predicted octanol–water partition coefficient (Wildman–Crippen LogP) is 3.23. The van der Waals surface area contributed by atoms with Crippen LogP contribution in [-0.4, -0.2) is 20.6 Å². The maximum Gasteiger partial charge on any atom is 0.226 e. The van der Waals surface area contributed by atoms with Crippen molar-refractivity contribution in [3.8, 4) is 0 Å². The number of hydrogen-bond donors (Lipinski definition) is 1. The molecule has 1 amide bonds. The Balaban J connectivity index is 2.06. The molecule has 0 spiro atoms. The fraction of sp³-hybridized carbons (Fsp3) is 0.688. The van der Waals surface area contributed by atoms with Crippen LogP contribution < -0.4 is 5.32 Å². The first-order valence-corrected chi connectivity index (χ1v) is 10.3. The number of thiophene rings is 1. The van der Waals surface area contributed by atoms with Gasteiger partial charge in [0.05, 0.1) is 12.0 Å². The lowest BCUT2D eigenvalue weighted by Gasteiger charge is -2.39. The Hall–Kier alpha value is -0.880. The number of amides is 1. The number of sulfone groups is 1. The van der Waals surface area contributed by atoms with Crippen LogP contribution in [0.1, 0.15) is 45.4 Å². The number of rotatable bonds is 4. The van der Waals surface area contributed by atoms with Crippen LogP contribution in [0.3, 0.4) is 0 Å². The minimum absolute atomic E-state index is 0.0373. The first-order valence-electron chi connectivity index (χ1n) is 7.55. The molecule has 1 aliphatic carbocycles. The van der Waals surface area contributed by atoms with Crippen LogP contribution >= 0.6 is 11.3 Å². The molecule has 0 radical (unpaired) electrons. The molecular weight excluding hydrogens is 318 g/mol. The molecule has 0 aromatic carbocycles. The van der Waals surface area contributed by atoms with Gasteiger partial charge < -0.3 is 5.32 Å². The third kappa shape index (κ3) is 2.95. The van der Waals surface area contributed by atoms with Gasteiger partial charge in [-0.3, -0.25) is 4.79 Å². The van der Waals surface area contributed by atoms with Gasteiger partial charge in [-0.15, -0.1) is 11.3 Å². The van der Waals surface area contributed by atoms with Gasteiger partial charge in [0.25, 0.3) is 0 Å². The van der Waals surface area contributed by atoms with Crippen molar-refractivity contribution < 1.29 is 13.2 Å². The van der Waals surface area contributed by atoms with E-state index in [1.54, 1.807) is 12.1 Å². The molecule has 1 saturated carbocycles. The highest BCUT2D eigenvalue weighted by atomic mass is 32.2. The molecule has 2 atom stereocenters. The van der Waals surface area contributed by atoms with Crippen LogP contribution in [0.2, 0.25) is 0 Å². The van der Waals surface area contributed by atoms with Crippen molar-refractivity contribution in [3.05, 3.63) is 17.0 Å². The Morgan fingerprint density at radius 1 is 1.36 bits per heavy atom. The Morgan fingerprint density at radius 2 is 2.00 bits per heavy atom. The van der Waals surface area contributed by atoms with E-state index in [1.165, 1.54) is 17.6 Å². The summed E-state index contributed by atoms with van der Waals surface area (Å²) >= 11 is 1.22. The summed E-state index contributed by atoms with van der Waals surface area (Å²) in [7, 11) is -3.17. The van der Waals surface area contributed by atoms with E-state index in [4.69, 9.17) is 0 Å². The molecule has 0 aliphatic heterocycles. The Kier molecular flexibility index (Phi) is 4.48. The predicted molar refractivity (Wildman–Crippen MR) is 89.6 cm³/mol. The SMILES string of the molecule is C[C@H]1CC[C@@](C)(C(=O)NCc2ccc(S(C)(=O)=O)s2)C1(C)C. The van der Waals surface area contributed by atoms with Gasteiger partial charge in [-0.05, 0) is 36.3 Å². The van der Waals surface area contributed by atoms with Crippen LogP contribution in [0.25, 0.3) is 0 Å². The summed E-state index contributed by atoms with van der Waals surface area (Å²) in [5.41, 5.74) is -0.409. The van der Waals surface area contributed by atoms with E-state index < -0.39 is 9.84 Å². The lowest BCUT2D eigenvalue weighted by molar-refractivity contribution is -0.136. The summed E-state index contributed by atoms with van der Waals surface area (Å²) in [6.45, 7) is 8.96. The van der Waals surface area contributed by atoms with Crippen molar-refractivity contribution >= 4 is 27.1 Å².